The van der Waals surface area contributed by atoms with E-state index in [2.05, 4.69) is 12.2 Å². The number of nitrogens with zero attached hydrogens (tertiary/aromatic N) is 1. The second kappa shape index (κ2) is 5.63. The van der Waals surface area contributed by atoms with Crippen LogP contribution >= 0.6 is 12.4 Å². The van der Waals surface area contributed by atoms with E-state index in [1.54, 1.807) is 6.26 Å². The number of rotatable bonds is 1. The molecule has 1 atom stereocenters. The van der Waals surface area contributed by atoms with Gasteiger partial charge in [-0.2, -0.15) is 0 Å². The molecule has 1 aromatic carbocycles. The number of amides is 1. The van der Waals surface area contributed by atoms with Crippen LogP contribution in [0.3, 0.4) is 0 Å². The molecule has 1 aliphatic rings. The number of benzene rings is 1. The lowest BCUT2D eigenvalue weighted by Gasteiger charge is -2.31. The minimum atomic E-state index is 0. The fraction of sp³-hybridized carbons (Fsp3) is 0.357. The third-order valence-electron chi connectivity index (χ3n) is 3.37. The largest absolute Gasteiger partial charge is 0.463 e. The highest BCUT2D eigenvalue weighted by Gasteiger charge is 2.24. The molecule has 0 saturated carbocycles. The molecule has 2 heterocycles. The average molecular weight is 281 g/mol. The van der Waals surface area contributed by atoms with E-state index < -0.39 is 0 Å². The smallest absolute Gasteiger partial charge is 0.257 e. The number of hydrogen-bond donors (Lipinski definition) is 1. The van der Waals surface area contributed by atoms with Crippen LogP contribution in [0.15, 0.2) is 34.9 Å². The van der Waals surface area contributed by atoms with Crippen molar-refractivity contribution in [1.82, 2.24) is 10.2 Å². The Morgan fingerprint density at radius 3 is 3.00 bits per heavy atom. The maximum Gasteiger partial charge on any atom is 0.257 e. The number of hydrogen-bond acceptors (Lipinski definition) is 3. The molecule has 0 aliphatic carbocycles. The number of para-hydroxylation sites is 1. The first-order valence-electron chi connectivity index (χ1n) is 6.24. The molecule has 19 heavy (non-hydrogen) atoms. The van der Waals surface area contributed by atoms with Crippen LogP contribution in [0.5, 0.6) is 0 Å². The summed E-state index contributed by atoms with van der Waals surface area (Å²) in [4.78, 5) is 14.3. The molecule has 0 bridgehead atoms. The first-order valence-corrected chi connectivity index (χ1v) is 6.24. The Kier molecular flexibility index (Phi) is 4.12. The Morgan fingerprint density at radius 1 is 1.42 bits per heavy atom. The second-order valence-corrected chi connectivity index (χ2v) is 4.75. The first-order chi connectivity index (χ1) is 8.75. The Bertz CT molecular complexity index is 582. The molecule has 5 heteroatoms. The fourth-order valence-electron chi connectivity index (χ4n) is 2.43. The zero-order valence-corrected chi connectivity index (χ0v) is 11.6. The molecular weight excluding hydrogens is 264 g/mol. The zero-order chi connectivity index (χ0) is 12.5. The van der Waals surface area contributed by atoms with E-state index in [-0.39, 0.29) is 18.3 Å². The van der Waals surface area contributed by atoms with Crippen molar-refractivity contribution in [1.29, 1.82) is 0 Å². The van der Waals surface area contributed by atoms with Crippen molar-refractivity contribution in [2.75, 3.05) is 19.6 Å². The predicted octanol–water partition coefficient (Wildman–Crippen LogP) is 2.29. The molecule has 2 aromatic rings. The lowest BCUT2D eigenvalue weighted by molar-refractivity contribution is 0.0710. The minimum absolute atomic E-state index is 0. The van der Waals surface area contributed by atoms with E-state index in [0.29, 0.717) is 11.6 Å². The van der Waals surface area contributed by atoms with Crippen molar-refractivity contribution in [2.45, 2.75) is 13.0 Å². The third kappa shape index (κ3) is 2.60. The summed E-state index contributed by atoms with van der Waals surface area (Å²) in [6, 6.07) is 7.99. The van der Waals surface area contributed by atoms with Crippen LogP contribution in [-0.2, 0) is 0 Å². The number of carbonyl (C=O) groups is 1. The number of carbonyl (C=O) groups excluding carboxylic acids is 1. The van der Waals surface area contributed by atoms with Crippen molar-refractivity contribution in [3.8, 4) is 0 Å². The summed E-state index contributed by atoms with van der Waals surface area (Å²) < 4.78 is 5.42. The van der Waals surface area contributed by atoms with Crippen molar-refractivity contribution in [3.05, 3.63) is 36.1 Å². The Hall–Kier alpha value is -1.52. The van der Waals surface area contributed by atoms with E-state index in [0.717, 1.165) is 30.6 Å². The summed E-state index contributed by atoms with van der Waals surface area (Å²) in [5, 5.41) is 4.23. The summed E-state index contributed by atoms with van der Waals surface area (Å²) in [7, 11) is 0. The monoisotopic (exact) mass is 280 g/mol. The maximum absolute atomic E-state index is 12.5. The minimum Gasteiger partial charge on any atom is -0.463 e. The van der Waals surface area contributed by atoms with E-state index in [9.17, 15) is 4.79 Å². The van der Waals surface area contributed by atoms with Gasteiger partial charge in [0.2, 0.25) is 0 Å². The zero-order valence-electron chi connectivity index (χ0n) is 10.8. The quantitative estimate of drug-likeness (QED) is 0.872. The molecule has 102 valence electrons. The van der Waals surface area contributed by atoms with Gasteiger partial charge in [-0.05, 0) is 13.0 Å². The van der Waals surface area contributed by atoms with E-state index >= 15 is 0 Å². The molecule has 0 spiro atoms. The van der Waals surface area contributed by atoms with Crippen molar-refractivity contribution < 1.29 is 9.21 Å². The van der Waals surface area contributed by atoms with Gasteiger partial charge in [-0.1, -0.05) is 18.2 Å². The van der Waals surface area contributed by atoms with Gasteiger partial charge >= 0.3 is 0 Å². The molecule has 0 radical (unpaired) electrons. The molecule has 1 aliphatic heterocycles. The van der Waals surface area contributed by atoms with Crippen molar-refractivity contribution in [3.63, 3.8) is 0 Å². The lowest BCUT2D eigenvalue weighted by Crippen LogP contribution is -2.51. The second-order valence-electron chi connectivity index (χ2n) is 4.75. The van der Waals surface area contributed by atoms with E-state index in [1.165, 1.54) is 0 Å². The van der Waals surface area contributed by atoms with E-state index in [1.807, 2.05) is 29.2 Å². The predicted molar refractivity (Wildman–Crippen MR) is 76.8 cm³/mol. The molecule has 1 saturated heterocycles. The number of nitrogens with one attached hydrogen (secondary N) is 1. The third-order valence-corrected chi connectivity index (χ3v) is 3.37. The van der Waals surface area contributed by atoms with E-state index in [4.69, 9.17) is 4.42 Å². The summed E-state index contributed by atoms with van der Waals surface area (Å²) in [6.45, 7) is 4.44. The van der Waals surface area contributed by atoms with Gasteiger partial charge < -0.3 is 14.6 Å². The molecular formula is C14H17ClN2O2. The number of furan rings is 1. The van der Waals surface area contributed by atoms with Gasteiger partial charge in [-0.15, -0.1) is 12.4 Å². The standard InChI is InChI=1S/C14H16N2O2.ClH/c1-10-8-16(7-6-15-10)14(17)12-9-18-13-5-3-2-4-11(12)13;/h2-5,9-10,15H,6-8H2,1H3;1H/t10-;/m1./s1. The molecule has 1 aromatic heterocycles. The fourth-order valence-corrected chi connectivity index (χ4v) is 2.43. The molecule has 1 amide bonds. The molecule has 1 N–H and O–H groups in total. The number of piperazine rings is 1. The lowest BCUT2D eigenvalue weighted by atomic mass is 10.1. The maximum atomic E-state index is 12.5. The molecule has 0 unspecified atom stereocenters. The van der Waals surface area contributed by atoms with Crippen LogP contribution in [0.25, 0.3) is 11.0 Å². The summed E-state index contributed by atoms with van der Waals surface area (Å²) >= 11 is 0. The van der Waals surface area contributed by atoms with Crippen molar-refractivity contribution >= 4 is 29.3 Å². The topological polar surface area (TPSA) is 45.5 Å². The van der Waals surface area contributed by atoms with Crippen LogP contribution in [-0.4, -0.2) is 36.5 Å². The average Bonchev–Trinajstić information content (AvgIpc) is 2.82. The summed E-state index contributed by atoms with van der Waals surface area (Å²) in [6.07, 6.45) is 1.57. The molecule has 3 rings (SSSR count). The van der Waals surface area contributed by atoms with Gasteiger partial charge in [0.15, 0.2) is 0 Å². The molecule has 4 nitrogen and oxygen atoms in total. The van der Waals surface area contributed by atoms with Gasteiger partial charge in [-0.3, -0.25) is 4.79 Å². The van der Waals surface area contributed by atoms with Gasteiger partial charge in [-0.25, -0.2) is 0 Å². The highest BCUT2D eigenvalue weighted by Crippen LogP contribution is 2.22. The van der Waals surface area contributed by atoms with Crippen molar-refractivity contribution in [2.24, 2.45) is 0 Å². The van der Waals surface area contributed by atoms with Crippen LogP contribution in [0.1, 0.15) is 17.3 Å². The van der Waals surface area contributed by atoms with Crippen LogP contribution in [0, 0.1) is 0 Å². The SMILES string of the molecule is C[C@@H]1CN(C(=O)c2coc3ccccc23)CCN1.Cl. The number of fused-ring (bicyclic) bond motifs is 1. The highest BCUT2D eigenvalue weighted by atomic mass is 35.5. The number of halogens is 1. The Morgan fingerprint density at radius 2 is 2.21 bits per heavy atom. The van der Waals surface area contributed by atoms with Gasteiger partial charge in [0.25, 0.3) is 5.91 Å². The summed E-state index contributed by atoms with van der Waals surface area (Å²) in [5.74, 6) is 0.0632. The van der Waals surface area contributed by atoms with Gasteiger partial charge in [0.05, 0.1) is 5.56 Å². The Balaban J connectivity index is 0.00000133. The van der Waals surface area contributed by atoms with Crippen LogP contribution in [0.2, 0.25) is 0 Å². The normalized spacial score (nSPS) is 19.2. The van der Waals surface area contributed by atoms with Gasteiger partial charge in [0, 0.05) is 31.1 Å². The highest BCUT2D eigenvalue weighted by molar-refractivity contribution is 6.05. The van der Waals surface area contributed by atoms with Gasteiger partial charge in [0.1, 0.15) is 11.8 Å². The molecule has 1 fully saturated rings. The Labute approximate surface area is 118 Å². The summed E-state index contributed by atoms with van der Waals surface area (Å²) in [5.41, 5.74) is 1.43. The van der Waals surface area contributed by atoms with Crippen LogP contribution < -0.4 is 5.32 Å². The first kappa shape index (κ1) is 13.9. The van der Waals surface area contributed by atoms with Crippen LogP contribution in [0.4, 0.5) is 0 Å².